The van der Waals surface area contributed by atoms with E-state index in [0.29, 0.717) is 5.56 Å². The SMILES string of the molecule is CC(C)(C)[C@@H](NC(=O)C1CC(=O)NC(c2ccccc2)N1)c1ccc(C(F)(F)F)cc1. The zero-order chi connectivity index (χ0) is 22.8. The number of rotatable bonds is 4. The van der Waals surface area contributed by atoms with Gasteiger partial charge >= 0.3 is 6.18 Å². The lowest BCUT2D eigenvalue weighted by molar-refractivity contribution is -0.137. The van der Waals surface area contributed by atoms with Crippen molar-refractivity contribution in [2.24, 2.45) is 5.41 Å². The number of hydrogen-bond donors (Lipinski definition) is 3. The summed E-state index contributed by atoms with van der Waals surface area (Å²) in [6.07, 6.45) is -4.96. The van der Waals surface area contributed by atoms with Crippen LogP contribution in [0.3, 0.4) is 0 Å². The number of amides is 2. The lowest BCUT2D eigenvalue weighted by Crippen LogP contribution is -2.57. The van der Waals surface area contributed by atoms with Crippen molar-refractivity contribution in [3.63, 3.8) is 0 Å². The molecule has 3 atom stereocenters. The Hall–Kier alpha value is -2.87. The maximum atomic E-state index is 13.0. The van der Waals surface area contributed by atoms with Crippen LogP contribution in [0.4, 0.5) is 13.2 Å². The van der Waals surface area contributed by atoms with E-state index in [1.807, 2.05) is 51.1 Å². The summed E-state index contributed by atoms with van der Waals surface area (Å²) >= 11 is 0. The third-order valence-electron chi connectivity index (χ3n) is 5.24. The Morgan fingerprint density at radius 1 is 1.03 bits per heavy atom. The van der Waals surface area contributed by atoms with Crippen molar-refractivity contribution in [1.82, 2.24) is 16.0 Å². The minimum Gasteiger partial charge on any atom is -0.347 e. The van der Waals surface area contributed by atoms with Crippen LogP contribution in [0.5, 0.6) is 0 Å². The largest absolute Gasteiger partial charge is 0.416 e. The highest BCUT2D eigenvalue weighted by Gasteiger charge is 2.36. The minimum atomic E-state index is -4.43. The maximum Gasteiger partial charge on any atom is 0.416 e. The van der Waals surface area contributed by atoms with Crippen molar-refractivity contribution in [2.45, 2.75) is 51.6 Å². The second-order valence-corrected chi connectivity index (χ2v) is 8.76. The fourth-order valence-corrected chi connectivity index (χ4v) is 3.61. The molecule has 0 radical (unpaired) electrons. The average molecular weight is 433 g/mol. The first-order valence-corrected chi connectivity index (χ1v) is 10.0. The average Bonchev–Trinajstić information content (AvgIpc) is 2.70. The van der Waals surface area contributed by atoms with E-state index in [9.17, 15) is 22.8 Å². The van der Waals surface area contributed by atoms with Crippen LogP contribution < -0.4 is 16.0 Å². The maximum absolute atomic E-state index is 13.0. The van der Waals surface area contributed by atoms with Crippen molar-refractivity contribution in [3.05, 3.63) is 71.3 Å². The molecule has 3 rings (SSSR count). The fourth-order valence-electron chi connectivity index (χ4n) is 3.61. The van der Waals surface area contributed by atoms with Crippen LogP contribution >= 0.6 is 0 Å². The highest BCUT2D eigenvalue weighted by atomic mass is 19.4. The highest BCUT2D eigenvalue weighted by Crippen LogP contribution is 2.35. The van der Waals surface area contributed by atoms with E-state index in [0.717, 1.165) is 17.7 Å². The summed E-state index contributed by atoms with van der Waals surface area (Å²) in [5.41, 5.74) is 0.175. The van der Waals surface area contributed by atoms with E-state index in [4.69, 9.17) is 0 Å². The molecule has 1 fully saturated rings. The van der Waals surface area contributed by atoms with Crippen molar-refractivity contribution >= 4 is 11.8 Å². The molecule has 5 nitrogen and oxygen atoms in total. The number of hydrogen-bond acceptors (Lipinski definition) is 3. The standard InChI is InChI=1S/C23H26F3N3O2/c1-22(2,3)19(14-9-11-16(12-10-14)23(24,25)26)29-21(31)17-13-18(30)28-20(27-17)15-7-5-4-6-8-15/h4-12,17,19-20,27H,13H2,1-3H3,(H,28,30)(H,29,31)/t17?,19-,20?/m0/s1. The van der Waals surface area contributed by atoms with Crippen LogP contribution in [-0.2, 0) is 15.8 Å². The van der Waals surface area contributed by atoms with Gasteiger partial charge in [0.25, 0.3) is 0 Å². The number of nitrogens with one attached hydrogen (secondary N) is 3. The number of alkyl halides is 3. The normalized spacial score (nSPS) is 20.6. The first-order chi connectivity index (χ1) is 14.4. The first-order valence-electron chi connectivity index (χ1n) is 10.0. The molecule has 166 valence electrons. The van der Waals surface area contributed by atoms with Gasteiger partial charge in [0.1, 0.15) is 6.17 Å². The van der Waals surface area contributed by atoms with Crippen molar-refractivity contribution < 1.29 is 22.8 Å². The Morgan fingerprint density at radius 2 is 1.65 bits per heavy atom. The van der Waals surface area contributed by atoms with Gasteiger partial charge in [0.15, 0.2) is 0 Å². The molecule has 8 heteroatoms. The Balaban J connectivity index is 1.78. The zero-order valence-corrected chi connectivity index (χ0v) is 17.6. The molecule has 2 unspecified atom stereocenters. The second-order valence-electron chi connectivity index (χ2n) is 8.76. The Kier molecular flexibility index (Phi) is 6.40. The van der Waals surface area contributed by atoms with Gasteiger partial charge in [0, 0.05) is 0 Å². The summed E-state index contributed by atoms with van der Waals surface area (Å²) in [6.45, 7) is 5.68. The molecule has 2 aromatic rings. The molecule has 1 heterocycles. The number of benzene rings is 2. The molecule has 1 aliphatic heterocycles. The second kappa shape index (κ2) is 8.70. The van der Waals surface area contributed by atoms with Gasteiger partial charge in [-0.25, -0.2) is 0 Å². The van der Waals surface area contributed by atoms with E-state index in [-0.39, 0.29) is 18.2 Å². The van der Waals surface area contributed by atoms with Crippen LogP contribution in [0, 0.1) is 5.41 Å². The monoisotopic (exact) mass is 433 g/mol. The van der Waals surface area contributed by atoms with Gasteiger partial charge in [-0.2, -0.15) is 13.2 Å². The third-order valence-corrected chi connectivity index (χ3v) is 5.24. The summed E-state index contributed by atoms with van der Waals surface area (Å²) in [7, 11) is 0. The Labute approximate surface area is 179 Å². The van der Waals surface area contributed by atoms with E-state index in [1.54, 1.807) is 0 Å². The van der Waals surface area contributed by atoms with Gasteiger partial charge in [-0.05, 0) is 28.7 Å². The van der Waals surface area contributed by atoms with E-state index in [1.165, 1.54) is 12.1 Å². The molecule has 1 aliphatic rings. The van der Waals surface area contributed by atoms with Gasteiger partial charge in [0.2, 0.25) is 11.8 Å². The first kappa shape index (κ1) is 22.8. The summed E-state index contributed by atoms with van der Waals surface area (Å²) in [5.74, 6) is -0.634. The van der Waals surface area contributed by atoms with Gasteiger partial charge in [-0.1, -0.05) is 63.2 Å². The van der Waals surface area contributed by atoms with Crippen LogP contribution in [0.25, 0.3) is 0 Å². The number of carbonyl (C=O) groups is 2. The quantitative estimate of drug-likeness (QED) is 0.680. The molecule has 0 aromatic heterocycles. The lowest BCUT2D eigenvalue weighted by Gasteiger charge is -2.36. The lowest BCUT2D eigenvalue weighted by atomic mass is 9.82. The third kappa shape index (κ3) is 5.64. The molecule has 1 saturated heterocycles. The van der Waals surface area contributed by atoms with Gasteiger partial charge < -0.3 is 10.6 Å². The smallest absolute Gasteiger partial charge is 0.347 e. The fraction of sp³-hybridized carbons (Fsp3) is 0.391. The van der Waals surface area contributed by atoms with Gasteiger partial charge in [0.05, 0.1) is 24.1 Å². The van der Waals surface area contributed by atoms with E-state index in [2.05, 4.69) is 16.0 Å². The molecule has 0 spiro atoms. The molecule has 2 amide bonds. The van der Waals surface area contributed by atoms with Crippen LogP contribution in [0.2, 0.25) is 0 Å². The molecule has 0 bridgehead atoms. The van der Waals surface area contributed by atoms with Gasteiger partial charge in [-0.15, -0.1) is 0 Å². The molecule has 0 saturated carbocycles. The summed E-state index contributed by atoms with van der Waals surface area (Å²) in [5, 5.41) is 8.89. The molecule has 0 aliphatic carbocycles. The van der Waals surface area contributed by atoms with Gasteiger partial charge in [-0.3, -0.25) is 14.9 Å². The van der Waals surface area contributed by atoms with Crippen molar-refractivity contribution in [2.75, 3.05) is 0 Å². The zero-order valence-electron chi connectivity index (χ0n) is 17.6. The topological polar surface area (TPSA) is 70.2 Å². The predicted molar refractivity (Wildman–Crippen MR) is 111 cm³/mol. The predicted octanol–water partition coefficient (Wildman–Crippen LogP) is 4.09. The minimum absolute atomic E-state index is 0.0287. The van der Waals surface area contributed by atoms with E-state index < -0.39 is 35.4 Å². The summed E-state index contributed by atoms with van der Waals surface area (Å²) < 4.78 is 38.7. The summed E-state index contributed by atoms with van der Waals surface area (Å²) in [4.78, 5) is 25.3. The molecular formula is C23H26F3N3O2. The Morgan fingerprint density at radius 3 is 2.19 bits per heavy atom. The van der Waals surface area contributed by atoms with Crippen LogP contribution in [0.15, 0.2) is 54.6 Å². The van der Waals surface area contributed by atoms with Crippen LogP contribution in [0.1, 0.15) is 56.1 Å². The van der Waals surface area contributed by atoms with Crippen LogP contribution in [-0.4, -0.2) is 17.9 Å². The highest BCUT2D eigenvalue weighted by molar-refractivity contribution is 5.90. The summed E-state index contributed by atoms with van der Waals surface area (Å²) in [6, 6.07) is 12.7. The molecule has 31 heavy (non-hydrogen) atoms. The van der Waals surface area contributed by atoms with Crippen molar-refractivity contribution in [1.29, 1.82) is 0 Å². The Bertz CT molecular complexity index is 922. The molecule has 3 N–H and O–H groups in total. The molecule has 2 aromatic carbocycles. The number of halogens is 3. The number of carbonyl (C=O) groups excluding carboxylic acids is 2. The van der Waals surface area contributed by atoms with E-state index >= 15 is 0 Å². The van der Waals surface area contributed by atoms with Crippen molar-refractivity contribution in [3.8, 4) is 0 Å². The molecular weight excluding hydrogens is 407 g/mol.